The molecule has 0 saturated carbocycles. The lowest BCUT2D eigenvalue weighted by Crippen LogP contribution is -2.16. The number of fused-ring (bicyclic) bond motifs is 1. The van der Waals surface area contributed by atoms with E-state index in [4.69, 9.17) is 0 Å². The molecule has 24 heavy (non-hydrogen) atoms. The first-order valence-corrected chi connectivity index (χ1v) is 8.50. The first kappa shape index (κ1) is 16.5. The van der Waals surface area contributed by atoms with Crippen molar-refractivity contribution >= 4 is 11.0 Å². The summed E-state index contributed by atoms with van der Waals surface area (Å²) >= 11 is 0. The second-order valence-electron chi connectivity index (χ2n) is 7.51. The number of phenols is 1. The minimum atomic E-state index is -0.128. The van der Waals surface area contributed by atoms with Crippen LogP contribution in [0.1, 0.15) is 58.1 Å². The number of aromatic amines is 1. The van der Waals surface area contributed by atoms with Gasteiger partial charge in [0, 0.05) is 11.1 Å². The SMILES string of the molecule is CCC(C)c1ccc(-c2ccc3n[nH]nc3c2)c(O)c1C(C)(C)C. The monoisotopic (exact) mass is 323 g/mol. The highest BCUT2D eigenvalue weighted by molar-refractivity contribution is 5.83. The molecule has 0 saturated heterocycles. The number of H-pyrrole nitrogens is 1. The Hall–Kier alpha value is -2.36. The van der Waals surface area contributed by atoms with Gasteiger partial charge in [0.05, 0.1) is 0 Å². The minimum Gasteiger partial charge on any atom is -0.507 e. The van der Waals surface area contributed by atoms with Crippen LogP contribution in [-0.4, -0.2) is 20.5 Å². The number of aromatic hydroxyl groups is 1. The quantitative estimate of drug-likeness (QED) is 0.701. The summed E-state index contributed by atoms with van der Waals surface area (Å²) in [6, 6.07) is 10.1. The van der Waals surface area contributed by atoms with Crippen LogP contribution in [0.15, 0.2) is 30.3 Å². The molecule has 0 aliphatic heterocycles. The van der Waals surface area contributed by atoms with Crippen molar-refractivity contribution in [1.29, 1.82) is 0 Å². The molecule has 0 fully saturated rings. The predicted octanol–water partition coefficient (Wildman–Crippen LogP) is 5.14. The van der Waals surface area contributed by atoms with Crippen molar-refractivity contribution in [2.75, 3.05) is 0 Å². The van der Waals surface area contributed by atoms with Crippen molar-refractivity contribution in [3.8, 4) is 16.9 Å². The van der Waals surface area contributed by atoms with E-state index in [0.29, 0.717) is 11.7 Å². The third-order valence-electron chi connectivity index (χ3n) is 4.73. The van der Waals surface area contributed by atoms with Crippen LogP contribution >= 0.6 is 0 Å². The van der Waals surface area contributed by atoms with Gasteiger partial charge >= 0.3 is 0 Å². The Bertz CT molecular complexity index is 874. The van der Waals surface area contributed by atoms with Crippen LogP contribution in [0.4, 0.5) is 0 Å². The molecule has 2 aromatic carbocycles. The Morgan fingerprint density at radius 1 is 1.08 bits per heavy atom. The summed E-state index contributed by atoms with van der Waals surface area (Å²) in [4.78, 5) is 0. The van der Waals surface area contributed by atoms with Crippen LogP contribution in [0.5, 0.6) is 5.75 Å². The van der Waals surface area contributed by atoms with Crippen molar-refractivity contribution in [1.82, 2.24) is 15.4 Å². The highest BCUT2D eigenvalue weighted by atomic mass is 16.3. The smallest absolute Gasteiger partial charge is 0.127 e. The number of rotatable bonds is 3. The lowest BCUT2D eigenvalue weighted by Gasteiger charge is -2.28. The maximum absolute atomic E-state index is 11.1. The molecule has 126 valence electrons. The van der Waals surface area contributed by atoms with Gasteiger partial charge in [-0.2, -0.15) is 15.4 Å². The lowest BCUT2D eigenvalue weighted by atomic mass is 9.77. The molecule has 1 aromatic heterocycles. The molecule has 1 unspecified atom stereocenters. The summed E-state index contributed by atoms with van der Waals surface area (Å²) in [5, 5.41) is 21.9. The molecular weight excluding hydrogens is 298 g/mol. The fraction of sp³-hybridized carbons (Fsp3) is 0.400. The molecule has 2 N–H and O–H groups in total. The Kier molecular flexibility index (Phi) is 4.08. The number of benzene rings is 2. The second kappa shape index (κ2) is 5.93. The van der Waals surface area contributed by atoms with E-state index in [1.165, 1.54) is 5.56 Å². The molecule has 4 nitrogen and oxygen atoms in total. The van der Waals surface area contributed by atoms with Crippen LogP contribution < -0.4 is 0 Å². The number of nitrogens with zero attached hydrogens (tertiary/aromatic N) is 2. The lowest BCUT2D eigenvalue weighted by molar-refractivity contribution is 0.443. The molecule has 0 bridgehead atoms. The highest BCUT2D eigenvalue weighted by Crippen LogP contribution is 2.43. The second-order valence-corrected chi connectivity index (χ2v) is 7.51. The summed E-state index contributed by atoms with van der Waals surface area (Å²) in [5.41, 5.74) is 5.56. The average molecular weight is 323 g/mol. The zero-order valence-electron chi connectivity index (χ0n) is 15.0. The third kappa shape index (κ3) is 2.77. The van der Waals surface area contributed by atoms with E-state index in [2.05, 4.69) is 56.1 Å². The molecule has 0 spiro atoms. The summed E-state index contributed by atoms with van der Waals surface area (Å²) in [5.74, 6) is 0.792. The molecule has 1 heterocycles. The van der Waals surface area contributed by atoms with Crippen LogP contribution in [0.2, 0.25) is 0 Å². The van der Waals surface area contributed by atoms with Crippen molar-refractivity contribution < 1.29 is 5.11 Å². The Morgan fingerprint density at radius 3 is 2.46 bits per heavy atom. The van der Waals surface area contributed by atoms with Crippen molar-refractivity contribution in [3.63, 3.8) is 0 Å². The van der Waals surface area contributed by atoms with Crippen molar-refractivity contribution in [3.05, 3.63) is 41.5 Å². The molecule has 1 atom stereocenters. The van der Waals surface area contributed by atoms with E-state index in [1.807, 2.05) is 24.3 Å². The fourth-order valence-corrected chi connectivity index (χ4v) is 3.27. The van der Waals surface area contributed by atoms with Gasteiger partial charge in [-0.25, -0.2) is 0 Å². The Balaban J connectivity index is 2.22. The van der Waals surface area contributed by atoms with Gasteiger partial charge in [0.25, 0.3) is 0 Å². The van der Waals surface area contributed by atoms with Gasteiger partial charge < -0.3 is 5.11 Å². The maximum atomic E-state index is 11.1. The van der Waals surface area contributed by atoms with Gasteiger partial charge in [0.1, 0.15) is 16.8 Å². The van der Waals surface area contributed by atoms with Gasteiger partial charge in [0.15, 0.2) is 0 Å². The van der Waals surface area contributed by atoms with Gasteiger partial charge in [-0.1, -0.05) is 52.8 Å². The number of hydrogen-bond donors (Lipinski definition) is 2. The topological polar surface area (TPSA) is 61.8 Å². The van der Waals surface area contributed by atoms with E-state index in [9.17, 15) is 5.11 Å². The van der Waals surface area contributed by atoms with Crippen LogP contribution in [0, 0.1) is 0 Å². The first-order valence-electron chi connectivity index (χ1n) is 8.50. The maximum Gasteiger partial charge on any atom is 0.127 e. The zero-order chi connectivity index (χ0) is 17.5. The first-order chi connectivity index (χ1) is 11.3. The van der Waals surface area contributed by atoms with Crippen molar-refractivity contribution in [2.24, 2.45) is 0 Å². The van der Waals surface area contributed by atoms with E-state index >= 15 is 0 Å². The molecule has 0 aliphatic carbocycles. The molecule has 0 aliphatic rings. The largest absolute Gasteiger partial charge is 0.507 e. The predicted molar refractivity (Wildman–Crippen MR) is 98.4 cm³/mol. The Labute approximate surface area is 142 Å². The summed E-state index contributed by atoms with van der Waals surface area (Å²) in [7, 11) is 0. The van der Waals surface area contributed by atoms with Gasteiger partial charge in [-0.15, -0.1) is 0 Å². The van der Waals surface area contributed by atoms with E-state index in [-0.39, 0.29) is 5.41 Å². The Morgan fingerprint density at radius 2 is 1.79 bits per heavy atom. The highest BCUT2D eigenvalue weighted by Gasteiger charge is 2.26. The standard InChI is InChI=1S/C20H25N3O/c1-6-12(2)14-8-9-15(19(24)18(14)20(3,4)5)13-7-10-16-17(11-13)22-23-21-16/h7-12,24H,6H2,1-5H3,(H,21,22,23). The van der Waals surface area contributed by atoms with E-state index in [1.54, 1.807) is 0 Å². The molecule has 0 amide bonds. The number of nitrogens with one attached hydrogen (secondary N) is 1. The zero-order valence-corrected chi connectivity index (χ0v) is 15.0. The van der Waals surface area contributed by atoms with Crippen LogP contribution in [0.3, 0.4) is 0 Å². The minimum absolute atomic E-state index is 0.128. The van der Waals surface area contributed by atoms with Gasteiger partial charge in [-0.05, 0) is 41.0 Å². The van der Waals surface area contributed by atoms with Crippen LogP contribution in [0.25, 0.3) is 22.2 Å². The van der Waals surface area contributed by atoms with Crippen molar-refractivity contribution in [2.45, 2.75) is 52.4 Å². The third-order valence-corrected chi connectivity index (χ3v) is 4.73. The summed E-state index contributed by atoms with van der Waals surface area (Å²) in [6.07, 6.45) is 1.05. The van der Waals surface area contributed by atoms with Crippen LogP contribution in [-0.2, 0) is 5.41 Å². The number of aromatic nitrogens is 3. The normalized spacial score (nSPS) is 13.4. The molecule has 3 rings (SSSR count). The van der Waals surface area contributed by atoms with E-state index in [0.717, 1.165) is 34.1 Å². The molecule has 3 aromatic rings. The molecule has 4 heteroatoms. The molecule has 0 radical (unpaired) electrons. The summed E-state index contributed by atoms with van der Waals surface area (Å²) in [6.45, 7) is 10.8. The average Bonchev–Trinajstić information content (AvgIpc) is 3.00. The fourth-order valence-electron chi connectivity index (χ4n) is 3.27. The number of hydrogen-bond acceptors (Lipinski definition) is 3. The van der Waals surface area contributed by atoms with Gasteiger partial charge in [0.2, 0.25) is 0 Å². The number of phenolic OH excluding ortho intramolecular Hbond substituents is 1. The van der Waals surface area contributed by atoms with E-state index < -0.39 is 0 Å². The molecular formula is C20H25N3O. The summed E-state index contributed by atoms with van der Waals surface area (Å²) < 4.78 is 0. The van der Waals surface area contributed by atoms with Gasteiger partial charge in [-0.3, -0.25) is 0 Å².